The molecule has 0 radical (unpaired) electrons. The summed E-state index contributed by atoms with van der Waals surface area (Å²) < 4.78 is 27.8. The number of nitrogens with zero attached hydrogens (tertiary/aromatic N) is 1. The molecule has 122 valence electrons. The van der Waals surface area contributed by atoms with Gasteiger partial charge in [0.05, 0.1) is 12.9 Å². The molecular formula is C16H17NO5S. The Morgan fingerprint density at radius 3 is 2.70 bits per heavy atom. The first-order valence-corrected chi connectivity index (χ1v) is 9.01. The highest BCUT2D eigenvalue weighted by atomic mass is 32.2. The number of fused-ring (bicyclic) bond motifs is 1. The van der Waals surface area contributed by atoms with E-state index in [1.165, 1.54) is 12.0 Å². The van der Waals surface area contributed by atoms with Crippen LogP contribution in [0.3, 0.4) is 0 Å². The number of esters is 1. The van der Waals surface area contributed by atoms with Crippen molar-refractivity contribution in [1.82, 2.24) is 0 Å². The van der Waals surface area contributed by atoms with Crippen LogP contribution in [0.15, 0.2) is 35.7 Å². The fraction of sp³-hybridized carbons (Fsp3) is 0.375. The summed E-state index contributed by atoms with van der Waals surface area (Å²) >= 11 is 0. The molecule has 2 heterocycles. The second kappa shape index (κ2) is 5.81. The second-order valence-electron chi connectivity index (χ2n) is 5.76. The zero-order chi connectivity index (χ0) is 16.6. The fourth-order valence-corrected chi connectivity index (χ4v) is 4.51. The van der Waals surface area contributed by atoms with Crippen molar-refractivity contribution >= 4 is 27.4 Å². The van der Waals surface area contributed by atoms with Gasteiger partial charge in [0, 0.05) is 29.9 Å². The summed E-state index contributed by atoms with van der Waals surface area (Å²) in [6.07, 6.45) is 2.01. The number of hydrogen-bond donors (Lipinski definition) is 0. The molecule has 0 saturated carbocycles. The minimum Gasteiger partial charge on any atom is -0.467 e. The van der Waals surface area contributed by atoms with Crippen molar-refractivity contribution in [1.29, 1.82) is 0 Å². The Morgan fingerprint density at radius 2 is 2.04 bits per heavy atom. The molecule has 2 aliphatic rings. The maximum atomic E-state index is 12.7. The van der Waals surface area contributed by atoms with Gasteiger partial charge >= 0.3 is 5.97 Å². The molecule has 7 heteroatoms. The molecule has 2 aliphatic heterocycles. The molecular weight excluding hydrogens is 318 g/mol. The maximum Gasteiger partial charge on any atom is 0.329 e. The number of amides is 1. The number of methoxy groups -OCH3 is 1. The smallest absolute Gasteiger partial charge is 0.329 e. The third-order valence-corrected chi connectivity index (χ3v) is 5.62. The molecule has 0 spiro atoms. The van der Waals surface area contributed by atoms with Crippen LogP contribution in [0.2, 0.25) is 0 Å². The highest BCUT2D eigenvalue weighted by Crippen LogP contribution is 2.34. The van der Waals surface area contributed by atoms with Crippen LogP contribution in [-0.4, -0.2) is 39.2 Å². The van der Waals surface area contributed by atoms with E-state index in [1.54, 1.807) is 18.2 Å². The number of carbonyl (C=O) groups excluding carboxylic acids is 2. The third-order valence-electron chi connectivity index (χ3n) is 4.16. The summed E-state index contributed by atoms with van der Waals surface area (Å²) in [5, 5.41) is 1.15. The quantitative estimate of drug-likeness (QED) is 0.772. The lowest BCUT2D eigenvalue weighted by Crippen LogP contribution is -2.44. The van der Waals surface area contributed by atoms with Gasteiger partial charge in [0.2, 0.25) is 5.91 Å². The first kappa shape index (κ1) is 15.7. The van der Waals surface area contributed by atoms with E-state index in [9.17, 15) is 18.0 Å². The van der Waals surface area contributed by atoms with Crippen molar-refractivity contribution in [2.24, 2.45) is 5.92 Å². The molecule has 23 heavy (non-hydrogen) atoms. The predicted molar refractivity (Wildman–Crippen MR) is 84.5 cm³/mol. The normalized spacial score (nSPS) is 24.5. The highest BCUT2D eigenvalue weighted by molar-refractivity contribution is 7.94. The molecule has 0 aliphatic carbocycles. The van der Waals surface area contributed by atoms with Crippen molar-refractivity contribution in [2.45, 2.75) is 18.9 Å². The second-order valence-corrected chi connectivity index (χ2v) is 7.69. The largest absolute Gasteiger partial charge is 0.467 e. The number of ether oxygens (including phenoxy) is 1. The van der Waals surface area contributed by atoms with Crippen LogP contribution < -0.4 is 4.90 Å². The summed E-state index contributed by atoms with van der Waals surface area (Å²) in [6.45, 7) is 0. The predicted octanol–water partition coefficient (Wildman–Crippen LogP) is 1.07. The molecule has 0 saturated heterocycles. The van der Waals surface area contributed by atoms with Gasteiger partial charge in [-0.1, -0.05) is 24.3 Å². The minimum absolute atomic E-state index is 0.0531. The van der Waals surface area contributed by atoms with E-state index < -0.39 is 21.8 Å². The van der Waals surface area contributed by atoms with Gasteiger partial charge in [0.15, 0.2) is 9.84 Å². The van der Waals surface area contributed by atoms with Gasteiger partial charge in [-0.05, 0) is 11.6 Å². The molecule has 0 fully saturated rings. The van der Waals surface area contributed by atoms with Gasteiger partial charge in [-0.3, -0.25) is 9.69 Å². The van der Waals surface area contributed by atoms with Crippen LogP contribution in [0, 0.1) is 5.92 Å². The average molecular weight is 335 g/mol. The van der Waals surface area contributed by atoms with Gasteiger partial charge in [-0.2, -0.15) is 0 Å². The van der Waals surface area contributed by atoms with Crippen LogP contribution >= 0.6 is 0 Å². The summed E-state index contributed by atoms with van der Waals surface area (Å²) in [6, 6.07) is 6.63. The molecule has 6 nitrogen and oxygen atoms in total. The van der Waals surface area contributed by atoms with Gasteiger partial charge in [0.25, 0.3) is 0 Å². The number of sulfone groups is 1. The highest BCUT2D eigenvalue weighted by Gasteiger charge is 2.39. The number of benzene rings is 1. The molecule has 0 aromatic heterocycles. The number of rotatable bonds is 3. The molecule has 1 aromatic rings. The Bertz CT molecular complexity index is 783. The Labute approximate surface area is 134 Å². The SMILES string of the molecule is COC(=O)[C@@H]1Cc2ccccc2N1C(=O)C[C@H]1C=CS(=O)(=O)C1. The molecule has 3 rings (SSSR count). The third kappa shape index (κ3) is 3.01. The number of para-hydroxylation sites is 1. The van der Waals surface area contributed by atoms with E-state index in [1.807, 2.05) is 12.1 Å². The summed E-state index contributed by atoms with van der Waals surface area (Å²) in [4.78, 5) is 26.2. The molecule has 0 bridgehead atoms. The summed E-state index contributed by atoms with van der Waals surface area (Å²) in [5.41, 5.74) is 1.60. The van der Waals surface area contributed by atoms with Gasteiger partial charge in [0.1, 0.15) is 6.04 Å². The molecule has 1 aromatic carbocycles. The topological polar surface area (TPSA) is 80.8 Å². The van der Waals surface area contributed by atoms with Crippen LogP contribution in [0.4, 0.5) is 5.69 Å². The van der Waals surface area contributed by atoms with Crippen LogP contribution in [-0.2, 0) is 30.6 Å². The van der Waals surface area contributed by atoms with Gasteiger partial charge in [-0.15, -0.1) is 0 Å². The number of allylic oxidation sites excluding steroid dienone is 1. The summed E-state index contributed by atoms with van der Waals surface area (Å²) in [5.74, 6) is -1.14. The first-order chi connectivity index (χ1) is 10.9. The van der Waals surface area contributed by atoms with Crippen molar-refractivity contribution in [3.05, 3.63) is 41.3 Å². The first-order valence-electron chi connectivity index (χ1n) is 7.30. The Balaban J connectivity index is 1.84. The van der Waals surface area contributed by atoms with Gasteiger partial charge < -0.3 is 4.74 Å². The maximum absolute atomic E-state index is 12.7. The molecule has 1 amide bonds. The van der Waals surface area contributed by atoms with Crippen molar-refractivity contribution < 1.29 is 22.7 Å². The molecule has 0 unspecified atom stereocenters. The van der Waals surface area contributed by atoms with Crippen molar-refractivity contribution in [3.8, 4) is 0 Å². The van der Waals surface area contributed by atoms with E-state index >= 15 is 0 Å². The molecule has 2 atom stereocenters. The summed E-state index contributed by atoms with van der Waals surface area (Å²) in [7, 11) is -1.91. The monoisotopic (exact) mass is 335 g/mol. The lowest BCUT2D eigenvalue weighted by atomic mass is 10.1. The molecule has 0 N–H and O–H groups in total. The zero-order valence-corrected chi connectivity index (χ0v) is 13.5. The van der Waals surface area contributed by atoms with Gasteiger partial charge in [-0.25, -0.2) is 13.2 Å². The average Bonchev–Trinajstić information content (AvgIpc) is 3.06. The van der Waals surface area contributed by atoms with E-state index in [0.29, 0.717) is 12.1 Å². The lowest BCUT2D eigenvalue weighted by molar-refractivity contribution is -0.143. The Morgan fingerprint density at radius 1 is 1.30 bits per heavy atom. The number of hydrogen-bond acceptors (Lipinski definition) is 5. The van der Waals surface area contributed by atoms with Crippen molar-refractivity contribution in [2.75, 3.05) is 17.8 Å². The number of carbonyl (C=O) groups is 2. The standard InChI is InChI=1S/C16H17NO5S/c1-22-16(19)14-9-12-4-2-3-5-13(12)17(14)15(18)8-11-6-7-23(20,21)10-11/h2-7,11,14H,8-10H2,1H3/t11-,14+/m1/s1. The minimum atomic E-state index is -3.20. The Hall–Kier alpha value is -2.15. The zero-order valence-electron chi connectivity index (χ0n) is 12.6. The van der Waals surface area contributed by atoms with E-state index in [-0.39, 0.29) is 24.0 Å². The van der Waals surface area contributed by atoms with Crippen LogP contribution in [0.5, 0.6) is 0 Å². The van der Waals surface area contributed by atoms with E-state index in [2.05, 4.69) is 0 Å². The van der Waals surface area contributed by atoms with E-state index in [0.717, 1.165) is 11.0 Å². The Kier molecular flexibility index (Phi) is 3.97. The van der Waals surface area contributed by atoms with Crippen LogP contribution in [0.1, 0.15) is 12.0 Å². The van der Waals surface area contributed by atoms with Crippen molar-refractivity contribution in [3.63, 3.8) is 0 Å². The van der Waals surface area contributed by atoms with Crippen LogP contribution in [0.25, 0.3) is 0 Å². The fourth-order valence-electron chi connectivity index (χ4n) is 3.11. The van der Waals surface area contributed by atoms with E-state index in [4.69, 9.17) is 4.74 Å². The lowest BCUT2D eigenvalue weighted by Gasteiger charge is -2.24. The number of anilines is 1.